The second-order valence-corrected chi connectivity index (χ2v) is 5.51. The Morgan fingerprint density at radius 1 is 1.17 bits per heavy atom. The Morgan fingerprint density at radius 3 is 2.67 bits per heavy atom. The van der Waals surface area contributed by atoms with Gasteiger partial charge in [-0.2, -0.15) is 0 Å². The molecule has 0 radical (unpaired) electrons. The Morgan fingerprint density at radius 2 is 1.94 bits per heavy atom. The first-order chi connectivity index (χ1) is 8.72. The minimum atomic E-state index is -0.977. The van der Waals surface area contributed by atoms with Gasteiger partial charge < -0.3 is 0 Å². The Bertz CT molecular complexity index is 351. The predicted octanol–water partition coefficient (Wildman–Crippen LogP) is 4.18. The van der Waals surface area contributed by atoms with Crippen molar-refractivity contribution in [3.05, 3.63) is 35.9 Å². The summed E-state index contributed by atoms with van der Waals surface area (Å²) in [4.78, 5) is 2.29. The summed E-state index contributed by atoms with van der Waals surface area (Å²) in [5, 5.41) is 0. The van der Waals surface area contributed by atoms with Crippen molar-refractivity contribution in [2.45, 2.75) is 51.2 Å². The number of nitrogens with zero attached hydrogens (tertiary/aromatic N) is 1. The first kappa shape index (κ1) is 13.5. The smallest absolute Gasteiger partial charge is 0.123 e. The van der Waals surface area contributed by atoms with Gasteiger partial charge in [0.05, 0.1) is 0 Å². The SMILES string of the molecule is CCC1(F)CCCCCN(Cc2ccccc2)C1. The van der Waals surface area contributed by atoms with Crippen molar-refractivity contribution in [3.8, 4) is 0 Å². The molecule has 2 heteroatoms. The maximum atomic E-state index is 14.7. The number of hydrogen-bond donors (Lipinski definition) is 0. The first-order valence-corrected chi connectivity index (χ1v) is 7.17. The van der Waals surface area contributed by atoms with E-state index >= 15 is 0 Å². The summed E-state index contributed by atoms with van der Waals surface area (Å²) >= 11 is 0. The monoisotopic (exact) mass is 249 g/mol. The van der Waals surface area contributed by atoms with Gasteiger partial charge in [0.25, 0.3) is 0 Å². The van der Waals surface area contributed by atoms with Crippen LogP contribution in [0.1, 0.15) is 44.6 Å². The molecule has 2 rings (SSSR count). The second kappa shape index (κ2) is 6.33. The van der Waals surface area contributed by atoms with E-state index in [2.05, 4.69) is 29.2 Å². The Kier molecular flexibility index (Phi) is 4.76. The summed E-state index contributed by atoms with van der Waals surface area (Å²) in [6, 6.07) is 10.4. The molecule has 0 amide bonds. The van der Waals surface area contributed by atoms with Gasteiger partial charge in [-0.05, 0) is 31.4 Å². The van der Waals surface area contributed by atoms with Gasteiger partial charge in [-0.15, -0.1) is 0 Å². The molecule has 0 N–H and O–H groups in total. The van der Waals surface area contributed by atoms with Crippen molar-refractivity contribution in [2.24, 2.45) is 0 Å². The molecular weight excluding hydrogens is 225 g/mol. The van der Waals surface area contributed by atoms with E-state index < -0.39 is 5.67 Å². The minimum absolute atomic E-state index is 0.596. The number of rotatable bonds is 3. The molecule has 1 atom stereocenters. The molecule has 0 saturated carbocycles. The third-order valence-electron chi connectivity index (χ3n) is 3.99. The summed E-state index contributed by atoms with van der Waals surface area (Å²) in [5.41, 5.74) is 0.311. The van der Waals surface area contributed by atoms with Crippen LogP contribution in [0, 0.1) is 0 Å². The van der Waals surface area contributed by atoms with Gasteiger partial charge in [0.15, 0.2) is 0 Å². The summed E-state index contributed by atoms with van der Waals surface area (Å²) in [6.45, 7) is 4.48. The molecule has 1 saturated heterocycles. The van der Waals surface area contributed by atoms with Crippen LogP contribution in [-0.2, 0) is 6.54 Å². The number of alkyl halides is 1. The molecule has 1 aliphatic rings. The molecule has 1 nitrogen and oxygen atoms in total. The zero-order valence-corrected chi connectivity index (χ0v) is 11.4. The molecule has 18 heavy (non-hydrogen) atoms. The summed E-state index contributed by atoms with van der Waals surface area (Å²) < 4.78 is 14.7. The molecule has 1 unspecified atom stereocenters. The summed E-state index contributed by atoms with van der Waals surface area (Å²) in [7, 11) is 0. The van der Waals surface area contributed by atoms with Gasteiger partial charge >= 0.3 is 0 Å². The highest BCUT2D eigenvalue weighted by Crippen LogP contribution is 2.28. The molecule has 0 spiro atoms. The fraction of sp³-hybridized carbons (Fsp3) is 0.625. The van der Waals surface area contributed by atoms with Crippen molar-refractivity contribution >= 4 is 0 Å². The fourth-order valence-electron chi connectivity index (χ4n) is 2.78. The molecule has 1 aliphatic heterocycles. The Hall–Kier alpha value is -0.890. The molecule has 0 aromatic heterocycles. The van der Waals surface area contributed by atoms with Gasteiger partial charge in [0.1, 0.15) is 5.67 Å². The number of hydrogen-bond acceptors (Lipinski definition) is 1. The van der Waals surface area contributed by atoms with Gasteiger partial charge in [0.2, 0.25) is 0 Å². The van der Waals surface area contributed by atoms with Crippen LogP contribution in [0.2, 0.25) is 0 Å². The topological polar surface area (TPSA) is 3.24 Å². The lowest BCUT2D eigenvalue weighted by atomic mass is 9.92. The van der Waals surface area contributed by atoms with E-state index in [4.69, 9.17) is 0 Å². The van der Waals surface area contributed by atoms with Crippen molar-refractivity contribution in [3.63, 3.8) is 0 Å². The van der Waals surface area contributed by atoms with Crippen molar-refractivity contribution < 1.29 is 4.39 Å². The van der Waals surface area contributed by atoms with E-state index in [1.54, 1.807) is 0 Å². The predicted molar refractivity (Wildman–Crippen MR) is 74.3 cm³/mol. The minimum Gasteiger partial charge on any atom is -0.296 e. The Labute approximate surface area is 110 Å². The van der Waals surface area contributed by atoms with Crippen molar-refractivity contribution in [2.75, 3.05) is 13.1 Å². The van der Waals surface area contributed by atoms with E-state index in [-0.39, 0.29) is 0 Å². The molecule has 1 aromatic rings. The van der Waals surface area contributed by atoms with Crippen LogP contribution < -0.4 is 0 Å². The third kappa shape index (κ3) is 3.81. The van der Waals surface area contributed by atoms with Gasteiger partial charge in [-0.25, -0.2) is 4.39 Å². The summed E-state index contributed by atoms with van der Waals surface area (Å²) in [6.07, 6.45) is 4.78. The van der Waals surface area contributed by atoms with Crippen LogP contribution in [0.25, 0.3) is 0 Å². The molecule has 1 aromatic carbocycles. The fourth-order valence-corrected chi connectivity index (χ4v) is 2.78. The van der Waals surface area contributed by atoms with E-state index in [1.807, 2.05) is 13.0 Å². The van der Waals surface area contributed by atoms with E-state index in [9.17, 15) is 4.39 Å². The highest BCUT2D eigenvalue weighted by molar-refractivity contribution is 5.14. The maximum Gasteiger partial charge on any atom is 0.123 e. The van der Waals surface area contributed by atoms with Crippen molar-refractivity contribution in [1.82, 2.24) is 4.90 Å². The largest absolute Gasteiger partial charge is 0.296 e. The van der Waals surface area contributed by atoms with Crippen LogP contribution in [0.3, 0.4) is 0 Å². The molecule has 0 bridgehead atoms. The van der Waals surface area contributed by atoms with Crippen LogP contribution in [0.15, 0.2) is 30.3 Å². The van der Waals surface area contributed by atoms with E-state index in [0.717, 1.165) is 32.4 Å². The molecule has 1 fully saturated rings. The van der Waals surface area contributed by atoms with Crippen LogP contribution in [-0.4, -0.2) is 23.7 Å². The Balaban J connectivity index is 2.01. The first-order valence-electron chi connectivity index (χ1n) is 7.17. The quantitative estimate of drug-likeness (QED) is 0.776. The number of benzene rings is 1. The molecular formula is C16H24FN. The molecule has 100 valence electrons. The molecule has 0 aliphatic carbocycles. The number of likely N-dealkylation sites (tertiary alicyclic amines) is 1. The average Bonchev–Trinajstić information content (AvgIpc) is 2.37. The average molecular weight is 249 g/mol. The highest BCUT2D eigenvalue weighted by Gasteiger charge is 2.30. The van der Waals surface area contributed by atoms with Crippen molar-refractivity contribution in [1.29, 1.82) is 0 Å². The van der Waals surface area contributed by atoms with E-state index in [0.29, 0.717) is 13.0 Å². The number of halogens is 1. The highest BCUT2D eigenvalue weighted by atomic mass is 19.1. The second-order valence-electron chi connectivity index (χ2n) is 5.51. The van der Waals surface area contributed by atoms with E-state index in [1.165, 1.54) is 12.0 Å². The molecule has 1 heterocycles. The third-order valence-corrected chi connectivity index (χ3v) is 3.99. The lowest BCUT2D eigenvalue weighted by Crippen LogP contribution is -2.41. The van der Waals surface area contributed by atoms with Gasteiger partial charge in [-0.1, -0.05) is 50.1 Å². The lowest BCUT2D eigenvalue weighted by molar-refractivity contribution is 0.0617. The normalized spacial score (nSPS) is 26.6. The van der Waals surface area contributed by atoms with Crippen LogP contribution in [0.5, 0.6) is 0 Å². The maximum absolute atomic E-state index is 14.7. The zero-order chi connectivity index (χ0) is 12.8. The lowest BCUT2D eigenvalue weighted by Gasteiger charge is -2.34. The van der Waals surface area contributed by atoms with Gasteiger partial charge in [0, 0.05) is 13.1 Å². The van der Waals surface area contributed by atoms with Gasteiger partial charge in [-0.3, -0.25) is 4.90 Å². The van der Waals surface area contributed by atoms with Crippen LogP contribution >= 0.6 is 0 Å². The standard InChI is InChI=1S/C16H24FN/c1-2-16(17)11-7-4-8-12-18(14-16)13-15-9-5-3-6-10-15/h3,5-6,9-10H,2,4,7-8,11-14H2,1H3. The zero-order valence-electron chi connectivity index (χ0n) is 11.4. The van der Waals surface area contributed by atoms with Crippen LogP contribution in [0.4, 0.5) is 4.39 Å². The summed E-state index contributed by atoms with van der Waals surface area (Å²) in [5.74, 6) is 0.